The summed E-state index contributed by atoms with van der Waals surface area (Å²) < 4.78 is 1.57. The van der Waals surface area contributed by atoms with E-state index in [0.29, 0.717) is 5.56 Å². The highest BCUT2D eigenvalue weighted by Crippen LogP contribution is 2.23. The topological polar surface area (TPSA) is 44.1 Å². The van der Waals surface area contributed by atoms with Crippen molar-refractivity contribution in [3.8, 4) is 6.07 Å². The molecule has 0 radical (unpaired) electrons. The van der Waals surface area contributed by atoms with Crippen LogP contribution in [0.25, 0.3) is 0 Å². The van der Waals surface area contributed by atoms with E-state index in [-0.39, 0.29) is 18.5 Å². The van der Waals surface area contributed by atoms with E-state index in [1.54, 1.807) is 6.07 Å². The molecule has 0 saturated heterocycles. The van der Waals surface area contributed by atoms with Crippen LogP contribution in [0, 0.1) is 11.3 Å². The van der Waals surface area contributed by atoms with E-state index in [4.69, 9.17) is 5.26 Å². The average molecular weight is 360 g/mol. The zero-order chi connectivity index (χ0) is 13.0. The Kier molecular flexibility index (Phi) is 5.16. The van der Waals surface area contributed by atoms with Gasteiger partial charge in [0.25, 0.3) is 5.91 Å². The minimum Gasteiger partial charge on any atom is -0.323 e. The zero-order valence-electron chi connectivity index (χ0n) is 9.58. The van der Waals surface area contributed by atoms with Crippen molar-refractivity contribution in [2.45, 2.75) is 19.9 Å². The van der Waals surface area contributed by atoms with Crippen molar-refractivity contribution in [1.29, 1.82) is 5.26 Å². The number of nitrogens with zero attached hydrogens (tertiary/aromatic N) is 2. The third-order valence-electron chi connectivity index (χ3n) is 2.28. The number of amides is 1. The molecule has 1 aromatic carbocycles. The number of carbonyl (C=O) groups is 1. The van der Waals surface area contributed by atoms with E-state index in [9.17, 15) is 4.79 Å². The van der Waals surface area contributed by atoms with Crippen LogP contribution in [0.4, 0.5) is 0 Å². The fourth-order valence-electron chi connectivity index (χ4n) is 1.38. The molecule has 0 heterocycles. The number of hydrogen-bond donors (Lipinski definition) is 0. The highest BCUT2D eigenvalue weighted by Gasteiger charge is 2.20. The SMILES string of the molecule is CC(C)N(CC#N)C(=O)c1cc(Br)ccc1Br. The maximum Gasteiger partial charge on any atom is 0.256 e. The van der Waals surface area contributed by atoms with Gasteiger partial charge in [0.05, 0.1) is 11.6 Å². The Morgan fingerprint density at radius 3 is 2.65 bits per heavy atom. The molecule has 0 aromatic heterocycles. The van der Waals surface area contributed by atoms with Crippen LogP contribution in [0.5, 0.6) is 0 Å². The zero-order valence-corrected chi connectivity index (χ0v) is 12.7. The molecular formula is C12H12Br2N2O. The van der Waals surface area contributed by atoms with Gasteiger partial charge in [-0.2, -0.15) is 5.26 Å². The van der Waals surface area contributed by atoms with Crippen LogP contribution < -0.4 is 0 Å². The summed E-state index contributed by atoms with van der Waals surface area (Å²) in [5, 5.41) is 8.74. The Morgan fingerprint density at radius 1 is 1.47 bits per heavy atom. The molecule has 0 spiro atoms. The maximum absolute atomic E-state index is 12.3. The molecule has 5 heteroatoms. The van der Waals surface area contributed by atoms with Crippen LogP contribution >= 0.6 is 31.9 Å². The monoisotopic (exact) mass is 358 g/mol. The second-order valence-electron chi connectivity index (χ2n) is 3.81. The van der Waals surface area contributed by atoms with Gasteiger partial charge in [-0.15, -0.1) is 0 Å². The molecule has 0 atom stereocenters. The van der Waals surface area contributed by atoms with Crippen molar-refractivity contribution in [1.82, 2.24) is 4.90 Å². The van der Waals surface area contributed by atoms with E-state index in [1.165, 1.54) is 4.90 Å². The lowest BCUT2D eigenvalue weighted by atomic mass is 10.1. The third-order valence-corrected chi connectivity index (χ3v) is 3.47. The number of nitriles is 1. The van der Waals surface area contributed by atoms with Gasteiger partial charge in [-0.1, -0.05) is 15.9 Å². The Morgan fingerprint density at radius 2 is 2.12 bits per heavy atom. The van der Waals surface area contributed by atoms with Crippen molar-refractivity contribution in [3.05, 3.63) is 32.7 Å². The Hall–Kier alpha value is -0.860. The van der Waals surface area contributed by atoms with Crippen LogP contribution in [0.2, 0.25) is 0 Å². The summed E-state index contributed by atoms with van der Waals surface area (Å²) in [7, 11) is 0. The Labute approximate surface area is 118 Å². The minimum absolute atomic E-state index is 0.00645. The van der Waals surface area contributed by atoms with Gasteiger partial charge in [0.15, 0.2) is 0 Å². The van der Waals surface area contributed by atoms with Gasteiger partial charge in [0, 0.05) is 15.0 Å². The van der Waals surface area contributed by atoms with Crippen molar-refractivity contribution in [2.24, 2.45) is 0 Å². The molecule has 3 nitrogen and oxygen atoms in total. The first-order valence-corrected chi connectivity index (χ1v) is 6.69. The van der Waals surface area contributed by atoms with Crippen molar-refractivity contribution in [2.75, 3.05) is 6.54 Å². The molecule has 0 bridgehead atoms. The van der Waals surface area contributed by atoms with E-state index in [2.05, 4.69) is 31.9 Å². The molecule has 0 fully saturated rings. The van der Waals surface area contributed by atoms with E-state index < -0.39 is 0 Å². The lowest BCUT2D eigenvalue weighted by molar-refractivity contribution is 0.0730. The molecule has 1 amide bonds. The fraction of sp³-hybridized carbons (Fsp3) is 0.333. The average Bonchev–Trinajstić information content (AvgIpc) is 2.28. The van der Waals surface area contributed by atoms with Gasteiger partial charge in [0.1, 0.15) is 6.54 Å². The lowest BCUT2D eigenvalue weighted by Gasteiger charge is -2.24. The summed E-state index contributed by atoms with van der Waals surface area (Å²) in [5.41, 5.74) is 0.559. The number of rotatable bonds is 3. The number of halogens is 2. The van der Waals surface area contributed by atoms with Crippen LogP contribution in [0.1, 0.15) is 24.2 Å². The molecule has 0 aliphatic rings. The molecule has 0 saturated carbocycles. The van der Waals surface area contributed by atoms with E-state index in [0.717, 1.165) is 8.95 Å². The maximum atomic E-state index is 12.3. The molecule has 1 aromatic rings. The third kappa shape index (κ3) is 3.55. The molecule has 1 rings (SSSR count). The summed E-state index contributed by atoms with van der Waals surface area (Å²) >= 11 is 6.68. The molecular weight excluding hydrogens is 348 g/mol. The summed E-state index contributed by atoms with van der Waals surface area (Å²) in [6.45, 7) is 3.87. The van der Waals surface area contributed by atoms with Gasteiger partial charge >= 0.3 is 0 Å². The predicted molar refractivity (Wildman–Crippen MR) is 73.6 cm³/mol. The summed E-state index contributed by atoms with van der Waals surface area (Å²) in [5.74, 6) is -0.144. The van der Waals surface area contributed by atoms with Gasteiger partial charge in [-0.3, -0.25) is 4.79 Å². The van der Waals surface area contributed by atoms with Crippen LogP contribution in [0.15, 0.2) is 27.1 Å². The number of carbonyl (C=O) groups excluding carboxylic acids is 1. The van der Waals surface area contributed by atoms with Crippen LogP contribution in [0.3, 0.4) is 0 Å². The highest BCUT2D eigenvalue weighted by atomic mass is 79.9. The number of benzene rings is 1. The minimum atomic E-state index is -0.144. The first-order valence-electron chi connectivity index (χ1n) is 5.10. The smallest absolute Gasteiger partial charge is 0.256 e. The van der Waals surface area contributed by atoms with Crippen LogP contribution in [-0.2, 0) is 0 Å². The quantitative estimate of drug-likeness (QED) is 0.774. The molecule has 0 unspecified atom stereocenters. The molecule has 0 aliphatic carbocycles. The van der Waals surface area contributed by atoms with Gasteiger partial charge < -0.3 is 4.90 Å². The van der Waals surface area contributed by atoms with Crippen molar-refractivity contribution >= 4 is 37.8 Å². The number of hydrogen-bond acceptors (Lipinski definition) is 2. The van der Waals surface area contributed by atoms with Crippen molar-refractivity contribution in [3.63, 3.8) is 0 Å². The summed E-state index contributed by atoms with van der Waals surface area (Å²) in [4.78, 5) is 13.8. The standard InChI is InChI=1S/C12H12Br2N2O/c1-8(2)16(6-5-15)12(17)10-7-9(13)3-4-11(10)14/h3-4,7-8H,6H2,1-2H3. The summed E-state index contributed by atoms with van der Waals surface area (Å²) in [6.07, 6.45) is 0. The van der Waals surface area contributed by atoms with E-state index in [1.807, 2.05) is 32.0 Å². The van der Waals surface area contributed by atoms with Crippen molar-refractivity contribution < 1.29 is 4.79 Å². The Bertz CT molecular complexity index is 466. The van der Waals surface area contributed by atoms with Crippen LogP contribution in [-0.4, -0.2) is 23.4 Å². The second-order valence-corrected chi connectivity index (χ2v) is 5.58. The molecule has 0 N–H and O–H groups in total. The molecule has 0 aliphatic heterocycles. The van der Waals surface area contributed by atoms with Gasteiger partial charge in [0.2, 0.25) is 0 Å². The first kappa shape index (κ1) is 14.2. The second kappa shape index (κ2) is 6.18. The normalized spacial score (nSPS) is 10.1. The molecule has 90 valence electrons. The largest absolute Gasteiger partial charge is 0.323 e. The highest BCUT2D eigenvalue weighted by molar-refractivity contribution is 9.11. The first-order chi connectivity index (χ1) is 7.97. The fourth-order valence-corrected chi connectivity index (χ4v) is 2.16. The predicted octanol–water partition coefficient (Wildman–Crippen LogP) is 3.59. The summed E-state index contributed by atoms with van der Waals surface area (Å²) in [6, 6.07) is 7.41. The van der Waals surface area contributed by atoms with Gasteiger partial charge in [-0.25, -0.2) is 0 Å². The molecule has 17 heavy (non-hydrogen) atoms. The van der Waals surface area contributed by atoms with Gasteiger partial charge in [-0.05, 0) is 48.0 Å². The van der Waals surface area contributed by atoms with E-state index >= 15 is 0 Å². The Balaban J connectivity index is 3.10. The lowest BCUT2D eigenvalue weighted by Crippen LogP contribution is -2.37.